The Hall–Kier alpha value is -1.03. The van der Waals surface area contributed by atoms with Gasteiger partial charge in [0, 0.05) is 11.7 Å². The molecule has 2 nitrogen and oxygen atoms in total. The third-order valence-electron chi connectivity index (χ3n) is 2.74. The SMILES string of the molecule is COc1cccc(F)c1C(=O)C1CCSC1. The highest BCUT2D eigenvalue weighted by molar-refractivity contribution is 7.99. The maximum Gasteiger partial charge on any atom is 0.173 e. The Bertz CT molecular complexity index is 400. The first-order chi connectivity index (χ1) is 7.74. The van der Waals surface area contributed by atoms with E-state index in [0.717, 1.165) is 17.9 Å². The highest BCUT2D eigenvalue weighted by atomic mass is 32.2. The Balaban J connectivity index is 2.34. The third-order valence-corrected chi connectivity index (χ3v) is 3.90. The molecule has 1 atom stereocenters. The van der Waals surface area contributed by atoms with Gasteiger partial charge in [0.2, 0.25) is 0 Å². The van der Waals surface area contributed by atoms with E-state index in [1.807, 2.05) is 0 Å². The van der Waals surface area contributed by atoms with Crippen LogP contribution >= 0.6 is 11.8 Å². The van der Waals surface area contributed by atoms with Crippen LogP contribution in [-0.4, -0.2) is 24.4 Å². The fourth-order valence-corrected chi connectivity index (χ4v) is 3.08. The molecule has 1 aliphatic rings. The Morgan fingerprint density at radius 2 is 2.38 bits per heavy atom. The molecule has 0 radical (unpaired) electrons. The van der Waals surface area contributed by atoms with E-state index in [4.69, 9.17) is 4.74 Å². The molecule has 1 aromatic rings. The summed E-state index contributed by atoms with van der Waals surface area (Å²) in [4.78, 5) is 12.1. The lowest BCUT2D eigenvalue weighted by atomic mass is 9.96. The summed E-state index contributed by atoms with van der Waals surface area (Å²) in [7, 11) is 1.45. The van der Waals surface area contributed by atoms with Crippen LogP contribution in [0.3, 0.4) is 0 Å². The summed E-state index contributed by atoms with van der Waals surface area (Å²) in [5, 5.41) is 0. The summed E-state index contributed by atoms with van der Waals surface area (Å²) in [6.45, 7) is 0. The predicted molar refractivity (Wildman–Crippen MR) is 62.7 cm³/mol. The van der Waals surface area contributed by atoms with Gasteiger partial charge in [-0.1, -0.05) is 6.07 Å². The lowest BCUT2D eigenvalue weighted by molar-refractivity contribution is 0.0926. The molecule has 2 rings (SSSR count). The van der Waals surface area contributed by atoms with Crippen LogP contribution in [0, 0.1) is 11.7 Å². The number of carbonyl (C=O) groups is 1. The summed E-state index contributed by atoms with van der Waals surface area (Å²) in [5.41, 5.74) is 0.109. The zero-order valence-electron chi connectivity index (χ0n) is 9.03. The van der Waals surface area contributed by atoms with Crippen molar-refractivity contribution in [2.24, 2.45) is 5.92 Å². The van der Waals surface area contributed by atoms with Crippen LogP contribution in [0.5, 0.6) is 5.75 Å². The van der Waals surface area contributed by atoms with Crippen molar-refractivity contribution >= 4 is 17.5 Å². The molecular weight excluding hydrogens is 227 g/mol. The summed E-state index contributed by atoms with van der Waals surface area (Å²) in [6.07, 6.45) is 0.834. The standard InChI is InChI=1S/C12H13FO2S/c1-15-10-4-2-3-9(13)11(10)12(14)8-5-6-16-7-8/h2-4,8H,5-7H2,1H3. The lowest BCUT2D eigenvalue weighted by Crippen LogP contribution is -2.16. The number of thioether (sulfide) groups is 1. The molecule has 1 heterocycles. The highest BCUT2D eigenvalue weighted by Crippen LogP contribution is 2.31. The molecule has 1 unspecified atom stereocenters. The Kier molecular flexibility index (Phi) is 3.49. The van der Waals surface area contributed by atoms with Gasteiger partial charge in [0.1, 0.15) is 11.6 Å². The summed E-state index contributed by atoms with van der Waals surface area (Å²) in [5.74, 6) is 1.43. The van der Waals surface area contributed by atoms with Gasteiger partial charge in [-0.2, -0.15) is 11.8 Å². The van der Waals surface area contributed by atoms with Gasteiger partial charge in [-0.05, 0) is 24.3 Å². The largest absolute Gasteiger partial charge is 0.496 e. The van der Waals surface area contributed by atoms with Gasteiger partial charge < -0.3 is 4.74 Å². The summed E-state index contributed by atoms with van der Waals surface area (Å²) < 4.78 is 18.7. The van der Waals surface area contributed by atoms with Crippen LogP contribution in [0.15, 0.2) is 18.2 Å². The fourth-order valence-electron chi connectivity index (χ4n) is 1.86. The van der Waals surface area contributed by atoms with Gasteiger partial charge in [0.05, 0.1) is 12.7 Å². The minimum absolute atomic E-state index is 0.0594. The number of hydrogen-bond acceptors (Lipinski definition) is 3. The van der Waals surface area contributed by atoms with Gasteiger partial charge in [-0.25, -0.2) is 4.39 Å². The van der Waals surface area contributed by atoms with Crippen molar-refractivity contribution < 1.29 is 13.9 Å². The average molecular weight is 240 g/mol. The van der Waals surface area contributed by atoms with Crippen molar-refractivity contribution in [1.29, 1.82) is 0 Å². The molecule has 0 aromatic heterocycles. The smallest absolute Gasteiger partial charge is 0.173 e. The maximum atomic E-state index is 13.6. The zero-order valence-corrected chi connectivity index (χ0v) is 9.85. The first-order valence-electron chi connectivity index (χ1n) is 5.18. The van der Waals surface area contributed by atoms with E-state index in [9.17, 15) is 9.18 Å². The van der Waals surface area contributed by atoms with E-state index in [1.54, 1.807) is 23.9 Å². The van der Waals surface area contributed by atoms with Gasteiger partial charge >= 0.3 is 0 Å². The highest BCUT2D eigenvalue weighted by Gasteiger charge is 2.28. The molecule has 0 N–H and O–H groups in total. The molecule has 0 aliphatic carbocycles. The number of methoxy groups -OCH3 is 1. The van der Waals surface area contributed by atoms with E-state index in [-0.39, 0.29) is 17.3 Å². The van der Waals surface area contributed by atoms with Crippen LogP contribution in [0.4, 0.5) is 4.39 Å². The third kappa shape index (κ3) is 2.07. The number of rotatable bonds is 3. The molecule has 0 bridgehead atoms. The average Bonchev–Trinajstić information content (AvgIpc) is 2.81. The van der Waals surface area contributed by atoms with Crippen molar-refractivity contribution in [2.75, 3.05) is 18.6 Å². The van der Waals surface area contributed by atoms with Gasteiger partial charge in [0.15, 0.2) is 5.78 Å². The Morgan fingerprint density at radius 3 is 3.00 bits per heavy atom. The van der Waals surface area contributed by atoms with E-state index in [2.05, 4.69) is 0 Å². The van der Waals surface area contributed by atoms with Crippen LogP contribution in [0.2, 0.25) is 0 Å². The minimum atomic E-state index is -0.485. The van der Waals surface area contributed by atoms with Crippen molar-refractivity contribution in [3.05, 3.63) is 29.6 Å². The predicted octanol–water partition coefficient (Wildman–Crippen LogP) is 2.77. The molecular formula is C12H13FO2S. The van der Waals surface area contributed by atoms with Gasteiger partial charge in [-0.15, -0.1) is 0 Å². The lowest BCUT2D eigenvalue weighted by Gasteiger charge is -2.11. The number of hydrogen-bond donors (Lipinski definition) is 0. The molecule has 4 heteroatoms. The molecule has 16 heavy (non-hydrogen) atoms. The van der Waals surface area contributed by atoms with Crippen LogP contribution in [0.25, 0.3) is 0 Å². The van der Waals surface area contributed by atoms with Crippen molar-refractivity contribution in [2.45, 2.75) is 6.42 Å². The van der Waals surface area contributed by atoms with Crippen molar-refractivity contribution in [1.82, 2.24) is 0 Å². The monoisotopic (exact) mass is 240 g/mol. The molecule has 0 saturated carbocycles. The number of ketones is 1. The van der Waals surface area contributed by atoms with Gasteiger partial charge in [0.25, 0.3) is 0 Å². The quantitative estimate of drug-likeness (QED) is 0.760. The van der Waals surface area contributed by atoms with Gasteiger partial charge in [-0.3, -0.25) is 4.79 Å². The minimum Gasteiger partial charge on any atom is -0.496 e. The number of carbonyl (C=O) groups excluding carboxylic acids is 1. The Morgan fingerprint density at radius 1 is 1.56 bits per heavy atom. The topological polar surface area (TPSA) is 26.3 Å². The molecule has 1 saturated heterocycles. The second kappa shape index (κ2) is 4.87. The summed E-state index contributed by atoms with van der Waals surface area (Å²) in [6, 6.07) is 4.48. The first kappa shape index (κ1) is 11.5. The molecule has 86 valence electrons. The van der Waals surface area contributed by atoms with E-state index in [0.29, 0.717) is 5.75 Å². The van der Waals surface area contributed by atoms with E-state index < -0.39 is 5.82 Å². The molecule has 1 fully saturated rings. The fraction of sp³-hybridized carbons (Fsp3) is 0.417. The second-order valence-electron chi connectivity index (χ2n) is 3.74. The zero-order chi connectivity index (χ0) is 11.5. The molecule has 1 aliphatic heterocycles. The Labute approximate surface area is 98.2 Å². The van der Waals surface area contributed by atoms with Crippen LogP contribution in [-0.2, 0) is 0 Å². The molecule has 1 aromatic carbocycles. The second-order valence-corrected chi connectivity index (χ2v) is 4.89. The summed E-state index contributed by atoms with van der Waals surface area (Å²) >= 11 is 1.74. The normalized spacial score (nSPS) is 19.8. The van der Waals surface area contributed by atoms with Crippen molar-refractivity contribution in [3.63, 3.8) is 0 Å². The number of benzene rings is 1. The first-order valence-corrected chi connectivity index (χ1v) is 6.34. The van der Waals surface area contributed by atoms with E-state index in [1.165, 1.54) is 13.2 Å². The molecule has 0 spiro atoms. The number of halogens is 1. The van der Waals surface area contributed by atoms with Crippen molar-refractivity contribution in [3.8, 4) is 5.75 Å². The number of Topliss-reactive ketones (excluding diaryl/α,β-unsaturated/α-hetero) is 1. The maximum absolute atomic E-state index is 13.6. The van der Waals surface area contributed by atoms with Crippen LogP contribution in [0.1, 0.15) is 16.8 Å². The van der Waals surface area contributed by atoms with Crippen LogP contribution < -0.4 is 4.74 Å². The molecule has 0 amide bonds. The number of ether oxygens (including phenoxy) is 1. The van der Waals surface area contributed by atoms with E-state index >= 15 is 0 Å².